The molecule has 0 spiro atoms. The third-order valence-corrected chi connectivity index (χ3v) is 5.13. The van der Waals surface area contributed by atoms with Crippen molar-refractivity contribution in [3.05, 3.63) is 130 Å². The first-order valence-corrected chi connectivity index (χ1v) is 10.5. The molecule has 0 radical (unpaired) electrons. The highest BCUT2D eigenvalue weighted by Crippen LogP contribution is 2.36. The summed E-state index contributed by atoms with van der Waals surface area (Å²) >= 11 is 0. The van der Waals surface area contributed by atoms with Crippen LogP contribution >= 0.6 is 0 Å². The lowest BCUT2D eigenvalue weighted by Crippen LogP contribution is -1.90. The number of benzene rings is 4. The van der Waals surface area contributed by atoms with E-state index in [0.717, 1.165) is 22.3 Å². The van der Waals surface area contributed by atoms with Gasteiger partial charge >= 0.3 is 0 Å². The summed E-state index contributed by atoms with van der Waals surface area (Å²) in [5.41, 5.74) is 5.12. The summed E-state index contributed by atoms with van der Waals surface area (Å²) < 4.78 is 0. The van der Waals surface area contributed by atoms with Gasteiger partial charge in [0.25, 0.3) is 0 Å². The van der Waals surface area contributed by atoms with Crippen LogP contribution in [0.3, 0.4) is 0 Å². The molecule has 2 nitrogen and oxygen atoms in total. The van der Waals surface area contributed by atoms with Crippen LogP contribution in [-0.4, -0.2) is 10.2 Å². The highest BCUT2D eigenvalue weighted by Gasteiger charge is 2.13. The maximum absolute atomic E-state index is 10.7. The molecule has 0 aliphatic heterocycles. The van der Waals surface area contributed by atoms with Gasteiger partial charge in [0.15, 0.2) is 0 Å². The summed E-state index contributed by atoms with van der Waals surface area (Å²) in [5, 5.41) is 21.4. The van der Waals surface area contributed by atoms with E-state index in [0.29, 0.717) is 11.1 Å². The van der Waals surface area contributed by atoms with Crippen LogP contribution in [0, 0.1) is 0 Å². The molecule has 0 saturated carbocycles. The minimum atomic E-state index is 0.0271. The van der Waals surface area contributed by atoms with Gasteiger partial charge in [-0.05, 0) is 22.3 Å². The van der Waals surface area contributed by atoms with Crippen LogP contribution in [-0.2, 0) is 0 Å². The van der Waals surface area contributed by atoms with Crippen LogP contribution in [0.15, 0.2) is 97.1 Å². The fourth-order valence-corrected chi connectivity index (χ4v) is 3.47. The summed E-state index contributed by atoms with van der Waals surface area (Å²) in [6.07, 6.45) is 11.6. The number of hydrogen-bond acceptors (Lipinski definition) is 2. The number of aromatic hydroxyl groups is 2. The van der Waals surface area contributed by atoms with Crippen molar-refractivity contribution in [2.45, 2.75) is 0 Å². The monoisotopic (exact) mass is 416 g/mol. The molecule has 0 bridgehead atoms. The van der Waals surface area contributed by atoms with E-state index < -0.39 is 0 Å². The van der Waals surface area contributed by atoms with Gasteiger partial charge in [-0.25, -0.2) is 0 Å². The predicted octanol–water partition coefficient (Wildman–Crippen LogP) is 7.61. The lowest BCUT2D eigenvalue weighted by molar-refractivity contribution is 0.449. The Morgan fingerprint density at radius 3 is 1.03 bits per heavy atom. The van der Waals surface area contributed by atoms with Crippen molar-refractivity contribution in [1.82, 2.24) is 0 Å². The Morgan fingerprint density at radius 2 is 0.688 bits per heavy atom. The molecular formula is C30H24O2. The van der Waals surface area contributed by atoms with Crippen molar-refractivity contribution in [3.63, 3.8) is 0 Å². The van der Waals surface area contributed by atoms with Crippen LogP contribution in [0.4, 0.5) is 0 Å². The van der Waals surface area contributed by atoms with Crippen LogP contribution in [0.25, 0.3) is 36.5 Å². The lowest BCUT2D eigenvalue weighted by atomic mass is 9.95. The Hall–Kier alpha value is -4.30. The number of phenols is 2. The Morgan fingerprint density at radius 1 is 0.375 bits per heavy atom. The normalized spacial score (nSPS) is 11.6. The zero-order valence-electron chi connectivity index (χ0n) is 17.6. The van der Waals surface area contributed by atoms with Gasteiger partial charge in [-0.2, -0.15) is 0 Å². The second-order valence-corrected chi connectivity index (χ2v) is 7.39. The van der Waals surface area contributed by atoms with E-state index in [9.17, 15) is 10.2 Å². The minimum absolute atomic E-state index is 0.0271. The largest absolute Gasteiger partial charge is 0.507 e. The molecule has 0 unspecified atom stereocenters. The first-order valence-electron chi connectivity index (χ1n) is 10.5. The first kappa shape index (κ1) is 21.0. The van der Waals surface area contributed by atoms with Crippen molar-refractivity contribution in [1.29, 1.82) is 0 Å². The molecule has 0 aliphatic rings. The van der Waals surface area contributed by atoms with Crippen LogP contribution < -0.4 is 0 Å². The molecular weight excluding hydrogens is 392 g/mol. The van der Waals surface area contributed by atoms with E-state index in [-0.39, 0.29) is 11.5 Å². The molecule has 0 aliphatic carbocycles. The van der Waals surface area contributed by atoms with Gasteiger partial charge in [-0.1, -0.05) is 127 Å². The maximum Gasteiger partial charge on any atom is 0.127 e. The second-order valence-electron chi connectivity index (χ2n) is 7.39. The van der Waals surface area contributed by atoms with E-state index >= 15 is 0 Å². The minimum Gasteiger partial charge on any atom is -0.507 e. The molecule has 0 aromatic heterocycles. The van der Waals surface area contributed by atoms with Gasteiger partial charge in [0.05, 0.1) is 0 Å². The van der Waals surface area contributed by atoms with E-state index in [4.69, 9.17) is 0 Å². The summed E-state index contributed by atoms with van der Waals surface area (Å²) in [6, 6.07) is 31.2. The highest BCUT2D eigenvalue weighted by atomic mass is 16.3. The van der Waals surface area contributed by atoms with Gasteiger partial charge in [0.2, 0.25) is 0 Å². The highest BCUT2D eigenvalue weighted by molar-refractivity contribution is 5.89. The van der Waals surface area contributed by atoms with Gasteiger partial charge < -0.3 is 10.2 Å². The van der Waals surface area contributed by atoms with E-state index in [1.54, 1.807) is 0 Å². The Bertz CT molecular complexity index is 1180. The van der Waals surface area contributed by atoms with Crippen molar-refractivity contribution < 1.29 is 10.2 Å². The summed E-state index contributed by atoms with van der Waals surface area (Å²) in [5.74, 6) is 0.0542. The number of rotatable bonds is 6. The van der Waals surface area contributed by atoms with Crippen LogP contribution in [0.2, 0.25) is 0 Å². The molecule has 0 heterocycles. The second kappa shape index (κ2) is 10.1. The molecule has 2 heteroatoms. The van der Waals surface area contributed by atoms with Gasteiger partial charge in [0, 0.05) is 17.2 Å². The third-order valence-electron chi connectivity index (χ3n) is 5.13. The molecule has 4 rings (SSSR count). The van der Waals surface area contributed by atoms with Gasteiger partial charge in [-0.3, -0.25) is 0 Å². The van der Waals surface area contributed by atoms with Gasteiger partial charge in [0.1, 0.15) is 11.5 Å². The fraction of sp³-hybridized carbons (Fsp3) is 0. The molecule has 32 heavy (non-hydrogen) atoms. The number of phenolic OH excluding ortho intramolecular Hbond substituents is 2. The van der Waals surface area contributed by atoms with Crippen molar-refractivity contribution in [2.24, 2.45) is 0 Å². The molecule has 0 fully saturated rings. The lowest BCUT2D eigenvalue weighted by Gasteiger charge is -2.12. The maximum atomic E-state index is 10.7. The summed E-state index contributed by atoms with van der Waals surface area (Å²) in [6.45, 7) is 0. The van der Waals surface area contributed by atoms with E-state index in [1.807, 2.05) is 127 Å². The molecule has 4 aromatic carbocycles. The van der Waals surface area contributed by atoms with Crippen molar-refractivity contribution in [3.8, 4) is 11.5 Å². The topological polar surface area (TPSA) is 40.5 Å². The molecule has 156 valence electrons. The van der Waals surface area contributed by atoms with Crippen LogP contribution in [0.1, 0.15) is 33.4 Å². The Kier molecular flexibility index (Phi) is 6.64. The third kappa shape index (κ3) is 5.24. The Balaban J connectivity index is 1.83. The smallest absolute Gasteiger partial charge is 0.127 e. The average Bonchev–Trinajstić information content (AvgIpc) is 2.83. The Labute approximate surface area is 188 Å². The number of hydrogen-bond donors (Lipinski definition) is 2. The molecule has 2 N–H and O–H groups in total. The van der Waals surface area contributed by atoms with Crippen molar-refractivity contribution in [2.75, 3.05) is 0 Å². The first-order chi connectivity index (χ1) is 15.7. The van der Waals surface area contributed by atoms with Crippen LogP contribution in [0.5, 0.6) is 11.5 Å². The average molecular weight is 417 g/mol. The zero-order valence-corrected chi connectivity index (χ0v) is 17.6. The predicted molar refractivity (Wildman–Crippen MR) is 136 cm³/mol. The summed E-state index contributed by atoms with van der Waals surface area (Å²) in [7, 11) is 0. The fourth-order valence-electron chi connectivity index (χ4n) is 3.47. The molecule has 0 saturated heterocycles. The summed E-state index contributed by atoms with van der Waals surface area (Å²) in [4.78, 5) is 0. The quantitative estimate of drug-likeness (QED) is 0.318. The van der Waals surface area contributed by atoms with E-state index in [2.05, 4.69) is 0 Å². The molecule has 0 atom stereocenters. The van der Waals surface area contributed by atoms with E-state index in [1.165, 1.54) is 6.07 Å². The standard InChI is InChI=1S/C30H24O2/c31-29-22-30(32)28(21-18-25-14-8-3-9-15-25)26(19-16-23-10-4-1-5-11-23)27(29)20-17-24-12-6-2-7-13-24/h1-22,31-32H/b19-16+,20-17+,21-18+. The SMILES string of the molecule is Oc1cc(O)c(/C=C/c2ccccc2)c(/C=C/c2ccccc2)c1/C=C/c1ccccc1. The molecule has 4 aromatic rings. The van der Waals surface area contributed by atoms with Gasteiger partial charge in [-0.15, -0.1) is 0 Å². The van der Waals surface area contributed by atoms with Crippen molar-refractivity contribution >= 4 is 36.5 Å². The molecule has 0 amide bonds. The zero-order chi connectivity index (χ0) is 22.2.